The van der Waals surface area contributed by atoms with Gasteiger partial charge in [-0.25, -0.2) is 0 Å². The van der Waals surface area contributed by atoms with Gasteiger partial charge in [0.15, 0.2) is 0 Å². The topological polar surface area (TPSA) is 49.6 Å². The molecule has 1 amide bonds. The van der Waals surface area contributed by atoms with Crippen molar-refractivity contribution in [3.63, 3.8) is 0 Å². The quantitative estimate of drug-likeness (QED) is 0.832. The Bertz CT molecular complexity index is 673. The van der Waals surface area contributed by atoms with E-state index in [4.69, 9.17) is 16.1 Å². The molecular formula is C17H21Cl2N3O2. The third-order valence-electron chi connectivity index (χ3n) is 4.31. The van der Waals surface area contributed by atoms with Gasteiger partial charge in [0.1, 0.15) is 5.76 Å². The first-order valence-corrected chi connectivity index (χ1v) is 8.11. The van der Waals surface area contributed by atoms with Crippen LogP contribution in [0.15, 0.2) is 28.8 Å². The highest BCUT2D eigenvalue weighted by atomic mass is 35.5. The highest BCUT2D eigenvalue weighted by molar-refractivity contribution is 6.30. The maximum Gasteiger partial charge on any atom is 0.253 e. The highest BCUT2D eigenvalue weighted by Gasteiger charge is 2.23. The van der Waals surface area contributed by atoms with E-state index in [0.29, 0.717) is 10.6 Å². The Morgan fingerprint density at radius 2 is 1.79 bits per heavy atom. The van der Waals surface area contributed by atoms with Gasteiger partial charge in [-0.1, -0.05) is 16.8 Å². The number of nitrogens with zero attached hydrogens (tertiary/aromatic N) is 3. The van der Waals surface area contributed by atoms with Crippen LogP contribution in [0, 0.1) is 13.8 Å². The molecule has 0 atom stereocenters. The van der Waals surface area contributed by atoms with E-state index in [9.17, 15) is 4.79 Å². The summed E-state index contributed by atoms with van der Waals surface area (Å²) in [7, 11) is 0. The molecule has 0 bridgehead atoms. The summed E-state index contributed by atoms with van der Waals surface area (Å²) in [5, 5.41) is 4.64. The Kier molecular flexibility index (Phi) is 6.27. The third kappa shape index (κ3) is 4.09. The fraction of sp³-hybridized carbons (Fsp3) is 0.412. The number of rotatable bonds is 3. The zero-order valence-electron chi connectivity index (χ0n) is 13.8. The molecule has 7 heteroatoms. The van der Waals surface area contributed by atoms with Gasteiger partial charge in [0.2, 0.25) is 0 Å². The molecule has 0 spiro atoms. The first-order chi connectivity index (χ1) is 11.0. The summed E-state index contributed by atoms with van der Waals surface area (Å²) in [6.07, 6.45) is 0. The molecule has 0 N–H and O–H groups in total. The van der Waals surface area contributed by atoms with Crippen molar-refractivity contribution in [1.82, 2.24) is 15.0 Å². The van der Waals surface area contributed by atoms with Crippen LogP contribution in [0.5, 0.6) is 0 Å². The van der Waals surface area contributed by atoms with E-state index in [-0.39, 0.29) is 18.3 Å². The fourth-order valence-electron chi connectivity index (χ4n) is 2.84. The molecule has 0 unspecified atom stereocenters. The van der Waals surface area contributed by atoms with E-state index in [1.807, 2.05) is 18.7 Å². The predicted molar refractivity (Wildman–Crippen MR) is 95.9 cm³/mol. The molecule has 1 fully saturated rings. The molecule has 0 saturated carbocycles. The van der Waals surface area contributed by atoms with Crippen LogP contribution in [0.2, 0.25) is 5.02 Å². The normalized spacial score (nSPS) is 15.2. The Balaban J connectivity index is 0.00000208. The second kappa shape index (κ2) is 8.01. The Hall–Kier alpha value is -1.56. The van der Waals surface area contributed by atoms with Crippen LogP contribution >= 0.6 is 24.0 Å². The van der Waals surface area contributed by atoms with Gasteiger partial charge in [0, 0.05) is 48.9 Å². The standard InChI is InChI=1S/C17H20ClN3O2.ClH/c1-12-16(13(2)23-19-12)11-20-7-9-21(10-8-20)17(22)14-3-5-15(18)6-4-14;/h3-6H,7-11H2,1-2H3;1H. The zero-order chi connectivity index (χ0) is 16.4. The van der Waals surface area contributed by atoms with E-state index >= 15 is 0 Å². The van der Waals surface area contributed by atoms with Crippen molar-refractivity contribution in [3.05, 3.63) is 51.9 Å². The summed E-state index contributed by atoms with van der Waals surface area (Å²) in [4.78, 5) is 16.7. The highest BCUT2D eigenvalue weighted by Crippen LogP contribution is 2.17. The van der Waals surface area contributed by atoms with Crippen molar-refractivity contribution in [2.24, 2.45) is 0 Å². The minimum absolute atomic E-state index is 0. The monoisotopic (exact) mass is 369 g/mol. The average molecular weight is 370 g/mol. The smallest absolute Gasteiger partial charge is 0.253 e. The SMILES string of the molecule is Cc1noc(C)c1CN1CCN(C(=O)c2ccc(Cl)cc2)CC1.Cl. The average Bonchev–Trinajstić information content (AvgIpc) is 2.87. The lowest BCUT2D eigenvalue weighted by Crippen LogP contribution is -2.48. The van der Waals surface area contributed by atoms with Crippen LogP contribution in [-0.4, -0.2) is 47.0 Å². The van der Waals surface area contributed by atoms with Crippen LogP contribution in [0.3, 0.4) is 0 Å². The van der Waals surface area contributed by atoms with Gasteiger partial charge < -0.3 is 9.42 Å². The molecule has 5 nitrogen and oxygen atoms in total. The number of hydrogen-bond acceptors (Lipinski definition) is 4. The van der Waals surface area contributed by atoms with Crippen molar-refractivity contribution in [2.45, 2.75) is 20.4 Å². The van der Waals surface area contributed by atoms with Gasteiger partial charge >= 0.3 is 0 Å². The molecule has 1 saturated heterocycles. The Morgan fingerprint density at radius 3 is 2.33 bits per heavy atom. The van der Waals surface area contributed by atoms with Crippen LogP contribution < -0.4 is 0 Å². The van der Waals surface area contributed by atoms with Crippen LogP contribution in [0.25, 0.3) is 0 Å². The summed E-state index contributed by atoms with van der Waals surface area (Å²) in [5.41, 5.74) is 2.79. The number of carbonyl (C=O) groups excluding carboxylic acids is 1. The Morgan fingerprint density at radius 1 is 1.17 bits per heavy atom. The van der Waals surface area contributed by atoms with Crippen molar-refractivity contribution in [2.75, 3.05) is 26.2 Å². The van der Waals surface area contributed by atoms with Gasteiger partial charge in [-0.05, 0) is 38.1 Å². The van der Waals surface area contributed by atoms with Crippen molar-refractivity contribution in [3.8, 4) is 0 Å². The minimum Gasteiger partial charge on any atom is -0.361 e. The summed E-state index contributed by atoms with van der Waals surface area (Å²) >= 11 is 5.87. The summed E-state index contributed by atoms with van der Waals surface area (Å²) in [5.74, 6) is 0.945. The van der Waals surface area contributed by atoms with Gasteiger partial charge in [0.25, 0.3) is 5.91 Å². The van der Waals surface area contributed by atoms with E-state index in [1.165, 1.54) is 0 Å². The molecule has 1 aliphatic rings. The van der Waals surface area contributed by atoms with Crippen LogP contribution in [0.1, 0.15) is 27.4 Å². The number of carbonyl (C=O) groups is 1. The summed E-state index contributed by atoms with van der Waals surface area (Å²) in [6, 6.07) is 7.06. The maximum atomic E-state index is 12.5. The molecule has 2 aromatic rings. The van der Waals surface area contributed by atoms with Crippen molar-refractivity contribution < 1.29 is 9.32 Å². The van der Waals surface area contributed by atoms with Crippen LogP contribution in [0.4, 0.5) is 0 Å². The van der Waals surface area contributed by atoms with Gasteiger partial charge in [0.05, 0.1) is 5.69 Å². The molecule has 0 radical (unpaired) electrons. The van der Waals surface area contributed by atoms with Gasteiger partial charge in [-0.15, -0.1) is 12.4 Å². The van der Waals surface area contributed by atoms with E-state index in [1.54, 1.807) is 24.3 Å². The number of hydrogen-bond donors (Lipinski definition) is 0. The second-order valence-corrected chi connectivity index (χ2v) is 6.31. The Labute approximate surface area is 153 Å². The molecule has 130 valence electrons. The van der Waals surface area contributed by atoms with Gasteiger partial charge in [-0.3, -0.25) is 9.69 Å². The number of aryl methyl sites for hydroxylation is 2. The molecule has 0 aliphatic carbocycles. The minimum atomic E-state index is 0. The molecule has 1 aromatic carbocycles. The lowest BCUT2D eigenvalue weighted by molar-refractivity contribution is 0.0627. The van der Waals surface area contributed by atoms with Crippen molar-refractivity contribution >= 4 is 29.9 Å². The number of amides is 1. The first-order valence-electron chi connectivity index (χ1n) is 7.73. The van der Waals surface area contributed by atoms with Crippen molar-refractivity contribution in [1.29, 1.82) is 0 Å². The van der Waals surface area contributed by atoms with E-state index in [0.717, 1.165) is 49.7 Å². The van der Waals surface area contributed by atoms with E-state index < -0.39 is 0 Å². The molecule has 3 rings (SSSR count). The lowest BCUT2D eigenvalue weighted by Gasteiger charge is -2.34. The summed E-state index contributed by atoms with van der Waals surface area (Å²) in [6.45, 7) is 7.88. The molecular weight excluding hydrogens is 349 g/mol. The zero-order valence-corrected chi connectivity index (χ0v) is 15.4. The molecule has 1 aliphatic heterocycles. The second-order valence-electron chi connectivity index (χ2n) is 5.88. The fourth-order valence-corrected chi connectivity index (χ4v) is 2.96. The molecule has 24 heavy (non-hydrogen) atoms. The lowest BCUT2D eigenvalue weighted by atomic mass is 10.1. The molecule has 1 aromatic heterocycles. The largest absolute Gasteiger partial charge is 0.361 e. The third-order valence-corrected chi connectivity index (χ3v) is 4.57. The van der Waals surface area contributed by atoms with Gasteiger partial charge in [-0.2, -0.15) is 0 Å². The summed E-state index contributed by atoms with van der Waals surface area (Å²) < 4.78 is 5.21. The first kappa shape index (κ1) is 18.8. The number of halogens is 2. The number of piperazine rings is 1. The number of benzene rings is 1. The van der Waals surface area contributed by atoms with E-state index in [2.05, 4.69) is 10.1 Å². The maximum absolute atomic E-state index is 12.5. The number of aromatic nitrogens is 1. The molecule has 2 heterocycles. The van der Waals surface area contributed by atoms with Crippen LogP contribution in [-0.2, 0) is 6.54 Å². The predicted octanol–water partition coefficient (Wildman–Crippen LogP) is 3.32.